The van der Waals surface area contributed by atoms with Crippen LogP contribution in [0.5, 0.6) is 0 Å². The van der Waals surface area contributed by atoms with Gasteiger partial charge in [-0.25, -0.2) is 0 Å². The van der Waals surface area contributed by atoms with Gasteiger partial charge >= 0.3 is 0 Å². The summed E-state index contributed by atoms with van der Waals surface area (Å²) in [5, 5.41) is 6.50. The van der Waals surface area contributed by atoms with Crippen LogP contribution in [0.2, 0.25) is 0 Å². The first-order chi connectivity index (χ1) is 8.77. The molecule has 1 amide bonds. The fourth-order valence-electron chi connectivity index (χ4n) is 3.10. The van der Waals surface area contributed by atoms with E-state index in [1.807, 2.05) is 0 Å². The summed E-state index contributed by atoms with van der Waals surface area (Å²) in [7, 11) is 0. The molecule has 0 saturated carbocycles. The van der Waals surface area contributed by atoms with Crippen LogP contribution >= 0.6 is 0 Å². The summed E-state index contributed by atoms with van der Waals surface area (Å²) < 4.78 is 5.65. The number of amides is 1. The molecule has 0 aliphatic carbocycles. The number of ether oxygens (including phenoxy) is 1. The Hall–Kier alpha value is -0.610. The minimum atomic E-state index is -0.302. The van der Waals surface area contributed by atoms with Gasteiger partial charge in [0.2, 0.25) is 5.91 Å². The molecule has 2 saturated heterocycles. The van der Waals surface area contributed by atoms with Gasteiger partial charge in [0.15, 0.2) is 0 Å². The van der Waals surface area contributed by atoms with Crippen LogP contribution in [0.3, 0.4) is 0 Å². The van der Waals surface area contributed by atoms with Crippen molar-refractivity contribution in [3.8, 4) is 0 Å². The van der Waals surface area contributed by atoms with Crippen molar-refractivity contribution in [1.29, 1.82) is 0 Å². The van der Waals surface area contributed by atoms with Gasteiger partial charge in [0.1, 0.15) is 0 Å². The minimum absolute atomic E-state index is 0.177. The van der Waals surface area contributed by atoms with Crippen LogP contribution in [-0.4, -0.2) is 37.2 Å². The van der Waals surface area contributed by atoms with Crippen LogP contribution < -0.4 is 10.6 Å². The molecule has 0 radical (unpaired) electrons. The maximum Gasteiger partial charge on any atom is 0.240 e. The zero-order valence-electron chi connectivity index (χ0n) is 11.5. The average molecular weight is 254 g/mol. The Morgan fingerprint density at radius 2 is 2.33 bits per heavy atom. The van der Waals surface area contributed by atoms with E-state index >= 15 is 0 Å². The van der Waals surface area contributed by atoms with Crippen molar-refractivity contribution in [1.82, 2.24) is 10.6 Å². The second-order valence-electron chi connectivity index (χ2n) is 5.56. The van der Waals surface area contributed by atoms with Crippen LogP contribution in [0, 0.1) is 0 Å². The first kappa shape index (κ1) is 13.8. The molecular weight excluding hydrogens is 228 g/mol. The molecule has 2 aliphatic heterocycles. The van der Waals surface area contributed by atoms with Crippen LogP contribution in [0.4, 0.5) is 0 Å². The van der Waals surface area contributed by atoms with E-state index in [9.17, 15) is 4.79 Å². The third-order valence-corrected chi connectivity index (χ3v) is 4.12. The number of rotatable bonds is 5. The predicted octanol–water partition coefficient (Wildman–Crippen LogP) is 1.59. The van der Waals surface area contributed by atoms with Gasteiger partial charge in [-0.05, 0) is 45.1 Å². The van der Waals surface area contributed by atoms with Crippen LogP contribution in [0.1, 0.15) is 51.9 Å². The van der Waals surface area contributed by atoms with E-state index in [0.717, 1.165) is 51.7 Å². The molecule has 0 aromatic carbocycles. The minimum Gasteiger partial charge on any atom is -0.376 e. The maximum absolute atomic E-state index is 12.4. The zero-order chi connectivity index (χ0) is 12.8. The molecule has 0 spiro atoms. The Morgan fingerprint density at radius 1 is 1.44 bits per heavy atom. The topological polar surface area (TPSA) is 50.4 Å². The highest BCUT2D eigenvalue weighted by molar-refractivity contribution is 5.86. The second kappa shape index (κ2) is 6.53. The number of carbonyl (C=O) groups excluding carboxylic acids is 1. The van der Waals surface area contributed by atoms with Gasteiger partial charge in [-0.2, -0.15) is 0 Å². The summed E-state index contributed by atoms with van der Waals surface area (Å²) >= 11 is 0. The summed E-state index contributed by atoms with van der Waals surface area (Å²) in [6, 6.07) is 0. The second-order valence-corrected chi connectivity index (χ2v) is 5.56. The van der Waals surface area contributed by atoms with Crippen molar-refractivity contribution in [2.24, 2.45) is 0 Å². The number of hydrogen-bond donors (Lipinski definition) is 2. The van der Waals surface area contributed by atoms with Crippen molar-refractivity contribution < 1.29 is 9.53 Å². The van der Waals surface area contributed by atoms with E-state index < -0.39 is 0 Å². The summed E-state index contributed by atoms with van der Waals surface area (Å²) in [6.45, 7) is 4.62. The SMILES string of the molecule is CCCC1(C(=O)NCC2CCCCO2)CCCN1. The lowest BCUT2D eigenvalue weighted by Crippen LogP contribution is -2.54. The average Bonchev–Trinajstić information content (AvgIpc) is 2.87. The normalized spacial score (nSPS) is 32.4. The van der Waals surface area contributed by atoms with Crippen molar-refractivity contribution in [3.05, 3.63) is 0 Å². The van der Waals surface area contributed by atoms with Gasteiger partial charge in [0, 0.05) is 13.2 Å². The van der Waals surface area contributed by atoms with E-state index in [0.29, 0.717) is 6.54 Å². The monoisotopic (exact) mass is 254 g/mol. The molecule has 104 valence electrons. The largest absolute Gasteiger partial charge is 0.376 e. The highest BCUT2D eigenvalue weighted by Gasteiger charge is 2.39. The molecule has 4 nitrogen and oxygen atoms in total. The maximum atomic E-state index is 12.4. The van der Waals surface area contributed by atoms with Gasteiger partial charge in [0.05, 0.1) is 11.6 Å². The van der Waals surface area contributed by atoms with Crippen LogP contribution in [0.25, 0.3) is 0 Å². The summed E-state index contributed by atoms with van der Waals surface area (Å²) in [5.74, 6) is 0.177. The smallest absolute Gasteiger partial charge is 0.240 e. The van der Waals surface area contributed by atoms with Crippen molar-refractivity contribution in [3.63, 3.8) is 0 Å². The molecule has 2 rings (SSSR count). The first-order valence-corrected chi connectivity index (χ1v) is 7.42. The molecule has 2 atom stereocenters. The van der Waals surface area contributed by atoms with E-state index in [1.165, 1.54) is 6.42 Å². The molecular formula is C14H26N2O2. The lowest BCUT2D eigenvalue weighted by atomic mass is 9.90. The summed E-state index contributed by atoms with van der Waals surface area (Å²) in [4.78, 5) is 12.4. The molecule has 18 heavy (non-hydrogen) atoms. The summed E-state index contributed by atoms with van der Waals surface area (Å²) in [5.41, 5.74) is -0.302. The fourth-order valence-corrected chi connectivity index (χ4v) is 3.10. The molecule has 2 unspecified atom stereocenters. The fraction of sp³-hybridized carbons (Fsp3) is 0.929. The van der Waals surface area contributed by atoms with Gasteiger partial charge < -0.3 is 15.4 Å². The molecule has 4 heteroatoms. The lowest BCUT2D eigenvalue weighted by Gasteiger charge is -2.30. The van der Waals surface area contributed by atoms with Crippen molar-refractivity contribution in [2.45, 2.75) is 63.5 Å². The van der Waals surface area contributed by atoms with Gasteiger partial charge in [-0.15, -0.1) is 0 Å². The summed E-state index contributed by atoms with van der Waals surface area (Å²) in [6.07, 6.45) is 7.73. The Balaban J connectivity index is 1.81. The van der Waals surface area contributed by atoms with Crippen LogP contribution in [0.15, 0.2) is 0 Å². The molecule has 2 N–H and O–H groups in total. The van der Waals surface area contributed by atoms with E-state index in [1.54, 1.807) is 0 Å². The Bertz CT molecular complexity index is 269. The zero-order valence-corrected chi connectivity index (χ0v) is 11.5. The third kappa shape index (κ3) is 3.23. The molecule has 0 aromatic rings. The van der Waals surface area contributed by atoms with E-state index in [4.69, 9.17) is 4.74 Å². The first-order valence-electron chi connectivity index (χ1n) is 7.42. The molecule has 2 aliphatic rings. The standard InChI is InChI=1S/C14H26N2O2/c1-2-7-14(8-5-9-16-14)13(17)15-11-12-6-3-4-10-18-12/h12,16H,2-11H2,1H3,(H,15,17). The molecule has 0 aromatic heterocycles. The van der Waals surface area contributed by atoms with Crippen LogP contribution in [-0.2, 0) is 9.53 Å². The quantitative estimate of drug-likeness (QED) is 0.783. The number of hydrogen-bond acceptors (Lipinski definition) is 3. The number of carbonyl (C=O) groups is 1. The number of nitrogens with one attached hydrogen (secondary N) is 2. The van der Waals surface area contributed by atoms with Crippen molar-refractivity contribution >= 4 is 5.91 Å². The third-order valence-electron chi connectivity index (χ3n) is 4.12. The molecule has 0 bridgehead atoms. The molecule has 2 fully saturated rings. The predicted molar refractivity (Wildman–Crippen MR) is 71.5 cm³/mol. The Kier molecular flexibility index (Phi) is 5.01. The Labute approximate surface area is 110 Å². The van der Waals surface area contributed by atoms with Gasteiger partial charge in [-0.3, -0.25) is 4.79 Å². The van der Waals surface area contributed by atoms with E-state index in [-0.39, 0.29) is 17.6 Å². The van der Waals surface area contributed by atoms with Gasteiger partial charge in [0.25, 0.3) is 0 Å². The lowest BCUT2D eigenvalue weighted by molar-refractivity contribution is -0.128. The van der Waals surface area contributed by atoms with Crippen molar-refractivity contribution in [2.75, 3.05) is 19.7 Å². The highest BCUT2D eigenvalue weighted by atomic mass is 16.5. The highest BCUT2D eigenvalue weighted by Crippen LogP contribution is 2.25. The van der Waals surface area contributed by atoms with E-state index in [2.05, 4.69) is 17.6 Å². The Morgan fingerprint density at radius 3 is 2.94 bits per heavy atom. The van der Waals surface area contributed by atoms with Gasteiger partial charge in [-0.1, -0.05) is 13.3 Å². The molecule has 2 heterocycles.